The van der Waals surface area contributed by atoms with Gasteiger partial charge in [-0.3, -0.25) is 4.52 Å². The van der Waals surface area contributed by atoms with Gasteiger partial charge in [-0.05, 0) is 32.1 Å². The van der Waals surface area contributed by atoms with E-state index in [1.807, 2.05) is 0 Å². The highest BCUT2D eigenvalue weighted by Gasteiger charge is 2.12. The number of allylic oxidation sites excluding steroid dienone is 2. The molecule has 0 unspecified atom stereocenters. The molecule has 0 rings (SSSR count). The lowest BCUT2D eigenvalue weighted by atomic mass is 10.0. The molecule has 4 nitrogen and oxygen atoms in total. The van der Waals surface area contributed by atoms with Crippen LogP contribution in [0.2, 0.25) is 0 Å². The molecule has 0 spiro atoms. The third kappa shape index (κ3) is 31.9. The van der Waals surface area contributed by atoms with Gasteiger partial charge >= 0.3 is 7.82 Å². The van der Waals surface area contributed by atoms with Crippen molar-refractivity contribution in [2.24, 2.45) is 0 Å². The van der Waals surface area contributed by atoms with Crippen LogP contribution >= 0.6 is 7.82 Å². The Labute approximate surface area is 206 Å². The first-order valence-corrected chi connectivity index (χ1v) is 15.9. The van der Waals surface area contributed by atoms with Crippen LogP contribution in [0.5, 0.6) is 0 Å². The van der Waals surface area contributed by atoms with Gasteiger partial charge in [0.15, 0.2) is 0 Å². The average molecular weight is 489 g/mol. The molecule has 198 valence electrons. The molecule has 0 atom stereocenters. The monoisotopic (exact) mass is 488 g/mol. The van der Waals surface area contributed by atoms with Crippen molar-refractivity contribution >= 4 is 7.82 Å². The second-order valence-corrected chi connectivity index (χ2v) is 11.0. The van der Waals surface area contributed by atoms with Gasteiger partial charge in [-0.1, -0.05) is 141 Å². The zero-order chi connectivity index (χ0) is 24.3. The molecule has 0 aliphatic carbocycles. The van der Waals surface area contributed by atoms with E-state index in [4.69, 9.17) is 9.79 Å². The second-order valence-electron chi connectivity index (χ2n) is 9.80. The fraction of sp³-hybridized carbons (Fsp3) is 0.929. The standard InChI is InChI=1S/C28H57O4P/c1-2-3-4-5-6-7-8-9-10-11-12-13-14-15-16-17-18-19-20-21-22-23-24-25-26-27-28-32-33(29,30)31/h9-10H,2-8,11-28H2,1H3,(H2,29,30,31)/b10-9-. The molecule has 33 heavy (non-hydrogen) atoms. The van der Waals surface area contributed by atoms with Crippen molar-refractivity contribution < 1.29 is 18.9 Å². The van der Waals surface area contributed by atoms with Crippen molar-refractivity contribution in [2.45, 2.75) is 161 Å². The van der Waals surface area contributed by atoms with Crippen molar-refractivity contribution in [3.8, 4) is 0 Å². The van der Waals surface area contributed by atoms with Gasteiger partial charge in [-0.15, -0.1) is 0 Å². The van der Waals surface area contributed by atoms with Crippen LogP contribution in [0.15, 0.2) is 12.2 Å². The Balaban J connectivity index is 3.09. The van der Waals surface area contributed by atoms with Crippen molar-refractivity contribution in [3.63, 3.8) is 0 Å². The van der Waals surface area contributed by atoms with Crippen LogP contribution in [-0.4, -0.2) is 16.4 Å². The maximum Gasteiger partial charge on any atom is 0.469 e. The molecule has 5 heteroatoms. The van der Waals surface area contributed by atoms with Crippen LogP contribution < -0.4 is 0 Å². The van der Waals surface area contributed by atoms with Gasteiger partial charge in [-0.25, -0.2) is 4.57 Å². The minimum absolute atomic E-state index is 0.168. The predicted octanol–water partition coefficient (Wildman–Crippen LogP) is 10.0. The Kier molecular flexibility index (Phi) is 26.3. The van der Waals surface area contributed by atoms with E-state index in [9.17, 15) is 4.57 Å². The van der Waals surface area contributed by atoms with Crippen LogP contribution in [0, 0.1) is 0 Å². The Hall–Kier alpha value is -0.150. The Morgan fingerprint density at radius 1 is 0.515 bits per heavy atom. The smallest absolute Gasteiger partial charge is 0.303 e. The number of unbranched alkanes of at least 4 members (excludes halogenated alkanes) is 22. The Morgan fingerprint density at radius 3 is 1.15 bits per heavy atom. The first-order valence-electron chi connectivity index (χ1n) is 14.4. The lowest BCUT2D eigenvalue weighted by Crippen LogP contribution is -1.92. The summed E-state index contributed by atoms with van der Waals surface area (Å²) in [5.41, 5.74) is 0. The van der Waals surface area contributed by atoms with Gasteiger partial charge in [0.1, 0.15) is 0 Å². The van der Waals surface area contributed by atoms with Crippen molar-refractivity contribution in [3.05, 3.63) is 12.2 Å². The number of hydrogen-bond acceptors (Lipinski definition) is 2. The third-order valence-corrected chi connectivity index (χ3v) is 6.93. The molecule has 0 aliphatic rings. The molecular formula is C28H57O4P. The topological polar surface area (TPSA) is 66.8 Å². The molecule has 2 N–H and O–H groups in total. The summed E-state index contributed by atoms with van der Waals surface area (Å²) in [5, 5.41) is 0. The van der Waals surface area contributed by atoms with Gasteiger partial charge < -0.3 is 9.79 Å². The zero-order valence-electron chi connectivity index (χ0n) is 22.0. The van der Waals surface area contributed by atoms with Gasteiger partial charge in [0.25, 0.3) is 0 Å². The van der Waals surface area contributed by atoms with E-state index >= 15 is 0 Å². The van der Waals surface area contributed by atoms with Crippen molar-refractivity contribution in [1.82, 2.24) is 0 Å². The zero-order valence-corrected chi connectivity index (χ0v) is 22.9. The molecule has 0 aromatic carbocycles. The van der Waals surface area contributed by atoms with Crippen molar-refractivity contribution in [1.29, 1.82) is 0 Å². The van der Waals surface area contributed by atoms with Gasteiger partial charge in [0, 0.05) is 0 Å². The first kappa shape index (κ1) is 32.8. The molecule has 0 radical (unpaired) electrons. The molecule has 0 aliphatic heterocycles. The molecule has 0 heterocycles. The Morgan fingerprint density at radius 2 is 0.818 bits per heavy atom. The van der Waals surface area contributed by atoms with E-state index in [2.05, 4.69) is 23.6 Å². The highest BCUT2D eigenvalue weighted by Crippen LogP contribution is 2.35. The van der Waals surface area contributed by atoms with Crippen LogP contribution in [0.4, 0.5) is 0 Å². The van der Waals surface area contributed by atoms with Crippen LogP contribution in [0.25, 0.3) is 0 Å². The predicted molar refractivity (Wildman–Crippen MR) is 144 cm³/mol. The summed E-state index contributed by atoms with van der Waals surface area (Å²) in [5.74, 6) is 0. The first-order chi connectivity index (χ1) is 16.1. The molecule has 0 aromatic heterocycles. The number of rotatable bonds is 27. The van der Waals surface area contributed by atoms with Crippen molar-refractivity contribution in [2.75, 3.05) is 6.61 Å². The summed E-state index contributed by atoms with van der Waals surface area (Å²) < 4.78 is 15.0. The van der Waals surface area contributed by atoms with E-state index in [1.165, 1.54) is 135 Å². The number of hydrogen-bond donors (Lipinski definition) is 2. The van der Waals surface area contributed by atoms with Crippen LogP contribution in [0.3, 0.4) is 0 Å². The Bertz CT molecular complexity index is 447. The van der Waals surface area contributed by atoms with Gasteiger partial charge in [0.2, 0.25) is 0 Å². The molecule has 0 fully saturated rings. The number of phosphoric acid groups is 1. The molecule has 0 aromatic rings. The highest BCUT2D eigenvalue weighted by atomic mass is 31.2. The van der Waals surface area contributed by atoms with E-state index in [1.54, 1.807) is 0 Å². The summed E-state index contributed by atoms with van der Waals surface area (Å²) >= 11 is 0. The normalized spacial score (nSPS) is 12.2. The molecule has 0 saturated carbocycles. The fourth-order valence-electron chi connectivity index (χ4n) is 4.30. The molecule has 0 amide bonds. The van der Waals surface area contributed by atoms with E-state index in [0.29, 0.717) is 0 Å². The fourth-order valence-corrected chi connectivity index (χ4v) is 4.67. The SMILES string of the molecule is CCCCCCCC/C=C\CCCCCCCCCCCCCCCCCCOP(=O)(O)O. The second kappa shape index (κ2) is 26.5. The quantitative estimate of drug-likeness (QED) is 0.0685. The van der Waals surface area contributed by atoms with E-state index in [0.717, 1.165) is 19.3 Å². The molecule has 0 saturated heterocycles. The average Bonchev–Trinajstić information content (AvgIpc) is 2.78. The molecule has 0 bridgehead atoms. The van der Waals surface area contributed by atoms with E-state index in [-0.39, 0.29) is 6.61 Å². The van der Waals surface area contributed by atoms with E-state index < -0.39 is 7.82 Å². The summed E-state index contributed by atoms with van der Waals surface area (Å²) in [6.45, 7) is 2.45. The maximum absolute atomic E-state index is 10.5. The van der Waals surface area contributed by atoms with Crippen LogP contribution in [-0.2, 0) is 9.09 Å². The molecular weight excluding hydrogens is 431 g/mol. The summed E-state index contributed by atoms with van der Waals surface area (Å²) in [6.07, 6.45) is 36.4. The maximum atomic E-state index is 10.5. The summed E-state index contributed by atoms with van der Waals surface area (Å²) in [7, 11) is -4.27. The van der Waals surface area contributed by atoms with Gasteiger partial charge in [0.05, 0.1) is 6.61 Å². The number of phosphoric ester groups is 1. The lowest BCUT2D eigenvalue weighted by Gasteiger charge is -2.05. The summed E-state index contributed by atoms with van der Waals surface area (Å²) in [4.78, 5) is 17.2. The van der Waals surface area contributed by atoms with Gasteiger partial charge in [-0.2, -0.15) is 0 Å². The largest absolute Gasteiger partial charge is 0.469 e. The summed E-state index contributed by atoms with van der Waals surface area (Å²) in [6, 6.07) is 0. The van der Waals surface area contributed by atoms with Crippen LogP contribution in [0.1, 0.15) is 161 Å². The lowest BCUT2D eigenvalue weighted by molar-refractivity contribution is 0.193. The highest BCUT2D eigenvalue weighted by molar-refractivity contribution is 7.46. The minimum Gasteiger partial charge on any atom is -0.303 e. The third-order valence-electron chi connectivity index (χ3n) is 6.42. The minimum atomic E-state index is -4.27.